The van der Waals surface area contributed by atoms with E-state index in [2.05, 4.69) is 69.0 Å². The average molecular weight is 373 g/mol. The average Bonchev–Trinajstić information content (AvgIpc) is 2.66. The molecule has 1 heteroatoms. The first-order valence-electron chi connectivity index (χ1n) is 11.3. The summed E-state index contributed by atoms with van der Waals surface area (Å²) in [7, 11) is 2.24. The van der Waals surface area contributed by atoms with E-state index < -0.39 is 0 Å². The first-order chi connectivity index (χ1) is 13.5. The molecule has 1 aliphatic heterocycles. The normalized spacial score (nSPS) is 31.6. The van der Waals surface area contributed by atoms with Gasteiger partial charge in [0.05, 0.1) is 5.92 Å². The van der Waals surface area contributed by atoms with E-state index in [9.17, 15) is 0 Å². The van der Waals surface area contributed by atoms with Crippen molar-refractivity contribution in [3.8, 4) is 0 Å². The van der Waals surface area contributed by atoms with Crippen molar-refractivity contribution < 1.29 is 4.58 Å². The maximum Gasteiger partial charge on any atom is 0.196 e. The van der Waals surface area contributed by atoms with Gasteiger partial charge in [-0.2, -0.15) is 0 Å². The topological polar surface area (TPSA) is 3.01 Å². The van der Waals surface area contributed by atoms with E-state index in [1.165, 1.54) is 66.5 Å². The van der Waals surface area contributed by atoms with Gasteiger partial charge in [-0.15, -0.1) is 0 Å². The zero-order valence-corrected chi connectivity index (χ0v) is 18.0. The van der Waals surface area contributed by atoms with Crippen molar-refractivity contribution in [3.05, 3.63) is 70.0 Å². The SMILES string of the molecule is CC1=CC2C=C[N+](C)=C3c4cc(cc(C)c4C)CC4CCCC(CC1=CC32)C4. The molecule has 1 aromatic rings. The first-order valence-corrected chi connectivity index (χ1v) is 11.3. The molecule has 146 valence electrons. The molecule has 4 unspecified atom stereocenters. The molecule has 0 saturated heterocycles. The lowest BCUT2D eigenvalue weighted by Crippen LogP contribution is -2.34. The molecule has 1 nitrogen and oxygen atoms in total. The molecule has 6 bridgehead atoms. The number of hydrogen-bond acceptors (Lipinski definition) is 0. The van der Waals surface area contributed by atoms with Crippen LogP contribution in [-0.4, -0.2) is 17.3 Å². The van der Waals surface area contributed by atoms with Gasteiger partial charge >= 0.3 is 0 Å². The molecule has 3 aliphatic carbocycles. The Hall–Kier alpha value is -1.89. The highest BCUT2D eigenvalue weighted by molar-refractivity contribution is 6.02. The highest BCUT2D eigenvalue weighted by atomic mass is 15.0. The quantitative estimate of drug-likeness (QED) is 0.482. The summed E-state index contributed by atoms with van der Waals surface area (Å²) in [5.41, 5.74) is 10.6. The number of aryl methyl sites for hydroxylation is 1. The molecule has 28 heavy (non-hydrogen) atoms. The van der Waals surface area contributed by atoms with E-state index in [0.29, 0.717) is 11.8 Å². The summed E-state index contributed by atoms with van der Waals surface area (Å²) >= 11 is 0. The monoisotopic (exact) mass is 372 g/mol. The molecular weight excluding hydrogens is 338 g/mol. The molecule has 5 rings (SSSR count). The Balaban J connectivity index is 1.72. The predicted octanol–water partition coefficient (Wildman–Crippen LogP) is 6.13. The van der Waals surface area contributed by atoms with E-state index >= 15 is 0 Å². The van der Waals surface area contributed by atoms with Gasteiger partial charge in [0.1, 0.15) is 7.05 Å². The van der Waals surface area contributed by atoms with Crippen LogP contribution in [0.3, 0.4) is 0 Å². The summed E-state index contributed by atoms with van der Waals surface area (Å²) in [5.74, 6) is 2.70. The fourth-order valence-electron chi connectivity index (χ4n) is 6.27. The number of fused-ring (bicyclic) bond motifs is 5. The second-order valence-corrected chi connectivity index (χ2v) is 9.87. The Labute approximate surface area is 170 Å². The third-order valence-electron chi connectivity index (χ3n) is 7.90. The molecule has 0 amide bonds. The van der Waals surface area contributed by atoms with Gasteiger partial charge in [0.15, 0.2) is 11.9 Å². The van der Waals surface area contributed by atoms with Crippen LogP contribution < -0.4 is 0 Å². The Morgan fingerprint density at radius 1 is 0.964 bits per heavy atom. The highest BCUT2D eigenvalue weighted by Crippen LogP contribution is 2.41. The van der Waals surface area contributed by atoms with Gasteiger partial charge in [-0.1, -0.05) is 43.1 Å². The largest absolute Gasteiger partial charge is 0.204 e. The molecule has 1 heterocycles. The van der Waals surface area contributed by atoms with Crippen molar-refractivity contribution in [1.82, 2.24) is 0 Å². The van der Waals surface area contributed by atoms with Gasteiger partial charge < -0.3 is 0 Å². The van der Waals surface area contributed by atoms with Crippen molar-refractivity contribution in [2.24, 2.45) is 23.7 Å². The third kappa shape index (κ3) is 3.04. The Morgan fingerprint density at radius 3 is 2.57 bits per heavy atom. The molecule has 0 radical (unpaired) electrons. The van der Waals surface area contributed by atoms with Crippen LogP contribution in [-0.2, 0) is 6.42 Å². The molecule has 1 fully saturated rings. The smallest absolute Gasteiger partial charge is 0.196 e. The van der Waals surface area contributed by atoms with Crippen molar-refractivity contribution in [1.29, 1.82) is 0 Å². The second kappa shape index (κ2) is 6.87. The summed E-state index contributed by atoms with van der Waals surface area (Å²) in [6, 6.07) is 5.01. The lowest BCUT2D eigenvalue weighted by Gasteiger charge is -2.34. The van der Waals surface area contributed by atoms with E-state index in [1.54, 1.807) is 11.1 Å². The minimum absolute atomic E-state index is 0.473. The maximum absolute atomic E-state index is 2.64. The van der Waals surface area contributed by atoms with Crippen LogP contribution in [0.15, 0.2) is 47.7 Å². The Morgan fingerprint density at radius 2 is 1.75 bits per heavy atom. The molecule has 0 aromatic heterocycles. The van der Waals surface area contributed by atoms with Crippen molar-refractivity contribution in [2.75, 3.05) is 7.05 Å². The summed E-state index contributed by atoms with van der Waals surface area (Å²) in [6.07, 6.45) is 18.1. The number of benzene rings is 1. The fraction of sp³-hybridized carbons (Fsp3) is 0.519. The lowest BCUT2D eigenvalue weighted by molar-refractivity contribution is -0.427. The summed E-state index contributed by atoms with van der Waals surface area (Å²) in [4.78, 5) is 0. The minimum atomic E-state index is 0.473. The van der Waals surface area contributed by atoms with Gasteiger partial charge in [0.25, 0.3) is 0 Å². The van der Waals surface area contributed by atoms with Crippen molar-refractivity contribution >= 4 is 5.71 Å². The standard InChI is InChI=1S/C27H34N/c1-17-10-22-13-20-6-5-7-21(12-20)14-24-16-26-23(11-18(24)2)8-9-28(4)27(26)25(15-22)19(17)3/h8-11,15-16,20-21,23,26H,5-7,12-14H2,1-4H3/q+1. The lowest BCUT2D eigenvalue weighted by atomic mass is 9.70. The highest BCUT2D eigenvalue weighted by Gasteiger charge is 2.37. The summed E-state index contributed by atoms with van der Waals surface area (Å²) < 4.78 is 2.39. The Kier molecular flexibility index (Phi) is 4.45. The van der Waals surface area contributed by atoms with Crippen LogP contribution in [0.25, 0.3) is 0 Å². The predicted molar refractivity (Wildman–Crippen MR) is 118 cm³/mol. The zero-order valence-electron chi connectivity index (χ0n) is 18.0. The van der Waals surface area contributed by atoms with E-state index in [-0.39, 0.29) is 0 Å². The van der Waals surface area contributed by atoms with Gasteiger partial charge in [0.2, 0.25) is 0 Å². The van der Waals surface area contributed by atoms with Crippen molar-refractivity contribution in [3.63, 3.8) is 0 Å². The van der Waals surface area contributed by atoms with Gasteiger partial charge in [-0.25, -0.2) is 4.58 Å². The van der Waals surface area contributed by atoms with Gasteiger partial charge in [-0.3, -0.25) is 0 Å². The van der Waals surface area contributed by atoms with Crippen molar-refractivity contribution in [2.45, 2.75) is 59.3 Å². The van der Waals surface area contributed by atoms with Crippen LogP contribution >= 0.6 is 0 Å². The number of rotatable bonds is 0. The summed E-state index contributed by atoms with van der Waals surface area (Å²) in [6.45, 7) is 6.97. The molecule has 4 aliphatic rings. The molecule has 1 saturated carbocycles. The minimum Gasteiger partial charge on any atom is -0.204 e. The zero-order chi connectivity index (χ0) is 19.4. The van der Waals surface area contributed by atoms with E-state index in [1.807, 2.05) is 0 Å². The number of allylic oxidation sites excluding steroid dienone is 5. The summed E-state index contributed by atoms with van der Waals surface area (Å²) in [5, 5.41) is 0. The third-order valence-corrected chi connectivity index (χ3v) is 7.90. The molecule has 0 spiro atoms. The second-order valence-electron chi connectivity index (χ2n) is 9.87. The van der Waals surface area contributed by atoms with Crippen LogP contribution in [0.2, 0.25) is 0 Å². The van der Waals surface area contributed by atoms with Crippen LogP contribution in [0.5, 0.6) is 0 Å². The first kappa shape index (κ1) is 18.2. The molecule has 0 N–H and O–H groups in total. The van der Waals surface area contributed by atoms with E-state index in [4.69, 9.17) is 0 Å². The molecule has 1 aromatic carbocycles. The van der Waals surface area contributed by atoms with E-state index in [0.717, 1.165) is 11.8 Å². The Bertz CT molecular complexity index is 939. The molecular formula is C27H34N+. The number of nitrogens with zero attached hydrogens (tertiary/aromatic N) is 1. The van der Waals surface area contributed by atoms with Gasteiger partial charge in [0, 0.05) is 11.5 Å². The van der Waals surface area contributed by atoms with Crippen LogP contribution in [0, 0.1) is 37.5 Å². The number of hydrogen-bond donors (Lipinski definition) is 0. The van der Waals surface area contributed by atoms with Crippen LogP contribution in [0.4, 0.5) is 0 Å². The van der Waals surface area contributed by atoms with Gasteiger partial charge in [-0.05, 0) is 86.3 Å². The van der Waals surface area contributed by atoms with Crippen LogP contribution in [0.1, 0.15) is 61.3 Å². The maximum atomic E-state index is 2.64. The molecule has 4 atom stereocenters. The fourth-order valence-corrected chi connectivity index (χ4v) is 6.27.